The number of nitrogens with one attached hydrogen (secondary N) is 1. The predicted molar refractivity (Wildman–Crippen MR) is 110 cm³/mol. The zero-order valence-electron chi connectivity index (χ0n) is 17.4. The maximum atomic E-state index is 12.8. The van der Waals surface area contributed by atoms with Crippen molar-refractivity contribution in [1.82, 2.24) is 10.2 Å². The summed E-state index contributed by atoms with van der Waals surface area (Å²) in [5, 5.41) is 2.86. The maximum absolute atomic E-state index is 12.8. The van der Waals surface area contributed by atoms with Crippen LogP contribution in [0.15, 0.2) is 24.3 Å². The minimum atomic E-state index is -0.748. The highest BCUT2D eigenvalue weighted by molar-refractivity contribution is 6.07. The number of esters is 1. The molecule has 3 amide bonds. The third-order valence-corrected chi connectivity index (χ3v) is 5.98. The van der Waals surface area contributed by atoms with E-state index in [1.54, 1.807) is 0 Å². The van der Waals surface area contributed by atoms with E-state index in [0.29, 0.717) is 12.8 Å². The highest BCUT2D eigenvalue weighted by Crippen LogP contribution is 2.33. The van der Waals surface area contributed by atoms with Gasteiger partial charge in [0.2, 0.25) is 0 Å². The normalized spacial score (nSPS) is 18.1. The molecule has 1 N–H and O–H groups in total. The molecule has 1 aliphatic heterocycles. The number of hydrogen-bond acceptors (Lipinski definition) is 5. The van der Waals surface area contributed by atoms with Gasteiger partial charge < -0.3 is 15.0 Å². The number of amides is 3. The molecule has 1 aromatic rings. The first-order chi connectivity index (χ1) is 14.0. The van der Waals surface area contributed by atoms with Crippen molar-refractivity contribution in [3.63, 3.8) is 0 Å². The van der Waals surface area contributed by atoms with Crippen molar-refractivity contribution in [2.45, 2.75) is 64.5 Å². The number of ether oxygens (including phenoxy) is 1. The number of rotatable bonds is 8. The van der Waals surface area contributed by atoms with Crippen LogP contribution in [0.2, 0.25) is 0 Å². The number of hydrogen-bond donors (Lipinski definition) is 1. The lowest BCUT2D eigenvalue weighted by molar-refractivity contribution is -0.145. The van der Waals surface area contributed by atoms with E-state index in [4.69, 9.17) is 4.74 Å². The topological polar surface area (TPSA) is 79.0 Å². The van der Waals surface area contributed by atoms with Crippen molar-refractivity contribution in [2.24, 2.45) is 0 Å². The molecule has 2 aliphatic rings. The van der Waals surface area contributed by atoms with E-state index >= 15 is 0 Å². The zero-order valence-corrected chi connectivity index (χ0v) is 17.4. The van der Waals surface area contributed by atoms with Crippen molar-refractivity contribution in [3.8, 4) is 0 Å². The molecule has 1 saturated heterocycles. The lowest BCUT2D eigenvalue weighted by atomic mass is 9.82. The molecule has 29 heavy (non-hydrogen) atoms. The SMILES string of the molecule is CCN(CC)c1ccccc1COC(=O)CCN1C(=O)NC2(CCCCC2)C1=O. The Balaban J connectivity index is 1.53. The molecular weight excluding hydrogens is 370 g/mol. The van der Waals surface area contributed by atoms with Crippen LogP contribution in [0.5, 0.6) is 0 Å². The molecule has 0 atom stereocenters. The molecule has 1 saturated carbocycles. The number of carbonyl (C=O) groups is 3. The molecule has 1 spiro atoms. The van der Waals surface area contributed by atoms with Crippen LogP contribution >= 0.6 is 0 Å². The van der Waals surface area contributed by atoms with Gasteiger partial charge in [-0.05, 0) is 32.8 Å². The number of anilines is 1. The molecule has 0 bridgehead atoms. The van der Waals surface area contributed by atoms with E-state index in [2.05, 4.69) is 24.1 Å². The van der Waals surface area contributed by atoms with Gasteiger partial charge in [0.15, 0.2) is 0 Å². The van der Waals surface area contributed by atoms with Crippen LogP contribution in [0.3, 0.4) is 0 Å². The Morgan fingerprint density at radius 3 is 2.52 bits per heavy atom. The second-order valence-electron chi connectivity index (χ2n) is 7.74. The van der Waals surface area contributed by atoms with Crippen LogP contribution in [0.25, 0.3) is 0 Å². The van der Waals surface area contributed by atoms with E-state index in [1.165, 1.54) is 4.90 Å². The maximum Gasteiger partial charge on any atom is 0.325 e. The van der Waals surface area contributed by atoms with Gasteiger partial charge in [-0.3, -0.25) is 14.5 Å². The molecule has 0 radical (unpaired) electrons. The summed E-state index contributed by atoms with van der Waals surface area (Å²) in [6, 6.07) is 7.47. The van der Waals surface area contributed by atoms with Crippen LogP contribution in [0.4, 0.5) is 10.5 Å². The fourth-order valence-electron chi connectivity index (χ4n) is 4.31. The molecule has 7 nitrogen and oxygen atoms in total. The average Bonchev–Trinajstić information content (AvgIpc) is 2.96. The number of urea groups is 1. The number of imide groups is 1. The zero-order chi connectivity index (χ0) is 20.9. The fourth-order valence-corrected chi connectivity index (χ4v) is 4.31. The number of benzene rings is 1. The first-order valence-corrected chi connectivity index (χ1v) is 10.6. The largest absolute Gasteiger partial charge is 0.461 e. The van der Waals surface area contributed by atoms with Gasteiger partial charge in [0.1, 0.15) is 12.1 Å². The van der Waals surface area contributed by atoms with E-state index in [1.807, 2.05) is 24.3 Å². The second kappa shape index (κ2) is 9.29. The van der Waals surface area contributed by atoms with Crippen LogP contribution in [0.1, 0.15) is 57.9 Å². The van der Waals surface area contributed by atoms with E-state index in [-0.39, 0.29) is 25.5 Å². The summed E-state index contributed by atoms with van der Waals surface area (Å²) in [6.45, 7) is 6.15. The van der Waals surface area contributed by atoms with Crippen LogP contribution in [-0.2, 0) is 20.9 Å². The molecule has 2 fully saturated rings. The number of para-hydroxylation sites is 1. The minimum absolute atomic E-state index is 0.00266. The molecule has 1 heterocycles. The summed E-state index contributed by atoms with van der Waals surface area (Å²) in [4.78, 5) is 40.7. The Morgan fingerprint density at radius 1 is 1.14 bits per heavy atom. The molecular formula is C22H31N3O4. The van der Waals surface area contributed by atoms with Crippen LogP contribution < -0.4 is 10.2 Å². The van der Waals surface area contributed by atoms with E-state index in [0.717, 1.165) is 43.6 Å². The Bertz CT molecular complexity index is 754. The first-order valence-electron chi connectivity index (χ1n) is 10.6. The van der Waals surface area contributed by atoms with Gasteiger partial charge in [0.25, 0.3) is 5.91 Å². The average molecular weight is 402 g/mol. The van der Waals surface area contributed by atoms with Crippen molar-refractivity contribution in [3.05, 3.63) is 29.8 Å². The Hall–Kier alpha value is -2.57. The van der Waals surface area contributed by atoms with E-state index < -0.39 is 17.5 Å². The molecule has 1 aromatic carbocycles. The van der Waals surface area contributed by atoms with Gasteiger partial charge in [-0.25, -0.2) is 4.79 Å². The third-order valence-electron chi connectivity index (χ3n) is 5.98. The van der Waals surface area contributed by atoms with Gasteiger partial charge in [-0.2, -0.15) is 0 Å². The highest BCUT2D eigenvalue weighted by Gasteiger charge is 2.51. The Kier molecular flexibility index (Phi) is 6.77. The molecule has 1 aliphatic carbocycles. The van der Waals surface area contributed by atoms with E-state index in [9.17, 15) is 14.4 Å². The highest BCUT2D eigenvalue weighted by atomic mass is 16.5. The standard InChI is InChI=1S/C22H31N3O4/c1-3-24(4-2)18-11-7-6-10-17(18)16-29-19(26)12-15-25-20(27)22(23-21(25)28)13-8-5-9-14-22/h6-7,10-11H,3-5,8-9,12-16H2,1-2H3,(H,23,28). The summed E-state index contributed by atoms with van der Waals surface area (Å²) in [5.74, 6) is -0.605. The van der Waals surface area contributed by atoms with Crippen molar-refractivity contribution < 1.29 is 19.1 Å². The van der Waals surface area contributed by atoms with Crippen molar-refractivity contribution in [2.75, 3.05) is 24.5 Å². The summed E-state index contributed by atoms with van der Waals surface area (Å²) in [6.07, 6.45) is 4.33. The quantitative estimate of drug-likeness (QED) is 0.534. The Labute approximate surface area is 172 Å². The van der Waals surface area contributed by atoms with Crippen molar-refractivity contribution in [1.29, 1.82) is 0 Å². The van der Waals surface area contributed by atoms with Gasteiger partial charge in [0.05, 0.1) is 6.42 Å². The summed E-state index contributed by atoms with van der Waals surface area (Å²) >= 11 is 0. The predicted octanol–water partition coefficient (Wildman–Crippen LogP) is 3.22. The lowest BCUT2D eigenvalue weighted by Gasteiger charge is -2.30. The summed E-state index contributed by atoms with van der Waals surface area (Å²) in [7, 11) is 0. The third kappa shape index (κ3) is 4.54. The van der Waals surface area contributed by atoms with Gasteiger partial charge in [0, 0.05) is 30.9 Å². The smallest absolute Gasteiger partial charge is 0.325 e. The summed E-state index contributed by atoms with van der Waals surface area (Å²) in [5.41, 5.74) is 1.25. The monoisotopic (exact) mass is 401 g/mol. The second-order valence-corrected chi connectivity index (χ2v) is 7.74. The van der Waals surface area contributed by atoms with Gasteiger partial charge in [-0.15, -0.1) is 0 Å². The molecule has 0 aromatic heterocycles. The van der Waals surface area contributed by atoms with Gasteiger partial charge >= 0.3 is 12.0 Å². The lowest BCUT2D eigenvalue weighted by Crippen LogP contribution is -2.48. The molecule has 7 heteroatoms. The first kappa shape index (κ1) is 21.1. The number of nitrogens with zero attached hydrogens (tertiary/aromatic N) is 2. The Morgan fingerprint density at radius 2 is 1.83 bits per heavy atom. The van der Waals surface area contributed by atoms with Crippen LogP contribution in [-0.4, -0.2) is 48.0 Å². The fraction of sp³-hybridized carbons (Fsp3) is 0.591. The van der Waals surface area contributed by atoms with Crippen LogP contribution in [0, 0.1) is 0 Å². The number of carbonyl (C=O) groups excluding carboxylic acids is 3. The summed E-state index contributed by atoms with van der Waals surface area (Å²) < 4.78 is 5.44. The minimum Gasteiger partial charge on any atom is -0.461 e. The van der Waals surface area contributed by atoms with Crippen molar-refractivity contribution >= 4 is 23.6 Å². The molecule has 158 valence electrons. The molecule has 3 rings (SSSR count). The molecule has 0 unspecified atom stereocenters. The van der Waals surface area contributed by atoms with Gasteiger partial charge in [-0.1, -0.05) is 37.5 Å².